The quantitative estimate of drug-likeness (QED) is 0.757. The molecule has 2 aromatic carbocycles. The van der Waals surface area contributed by atoms with E-state index in [0.717, 1.165) is 5.75 Å². The van der Waals surface area contributed by atoms with Crippen LogP contribution in [0.3, 0.4) is 0 Å². The zero-order valence-electron chi connectivity index (χ0n) is 12.2. The molecule has 0 radical (unpaired) electrons. The van der Waals surface area contributed by atoms with Crippen LogP contribution < -0.4 is 5.32 Å². The van der Waals surface area contributed by atoms with Gasteiger partial charge in [-0.25, -0.2) is 4.39 Å². The van der Waals surface area contributed by atoms with Gasteiger partial charge in [0.1, 0.15) is 5.82 Å². The summed E-state index contributed by atoms with van der Waals surface area (Å²) in [7, 11) is 0. The molecule has 0 saturated carbocycles. The van der Waals surface area contributed by atoms with Gasteiger partial charge in [0.2, 0.25) is 5.91 Å². The third-order valence-electron chi connectivity index (χ3n) is 2.95. The number of para-hydroxylation sites is 1. The fraction of sp³-hybridized carbons (Fsp3) is 0.167. The van der Waals surface area contributed by atoms with Gasteiger partial charge in [0.05, 0.1) is 5.69 Å². The van der Waals surface area contributed by atoms with E-state index in [9.17, 15) is 9.18 Å². The van der Waals surface area contributed by atoms with Gasteiger partial charge >= 0.3 is 0 Å². The molecule has 2 aromatic rings. The number of halogens is 1. The van der Waals surface area contributed by atoms with Gasteiger partial charge < -0.3 is 5.32 Å². The number of amides is 1. The SMILES string of the molecule is O=C(CCSCC=Cc1ccccc1)Nc1ccccc1F. The fourth-order valence-electron chi connectivity index (χ4n) is 1.84. The van der Waals surface area contributed by atoms with E-state index in [4.69, 9.17) is 0 Å². The van der Waals surface area contributed by atoms with Crippen LogP contribution in [0.4, 0.5) is 10.1 Å². The Morgan fingerprint density at radius 1 is 1.09 bits per heavy atom. The number of benzene rings is 2. The fourth-order valence-corrected chi connectivity index (χ4v) is 2.57. The summed E-state index contributed by atoms with van der Waals surface area (Å²) >= 11 is 1.67. The lowest BCUT2D eigenvalue weighted by atomic mass is 10.2. The molecule has 1 amide bonds. The van der Waals surface area contributed by atoms with E-state index < -0.39 is 5.82 Å². The molecular formula is C18H18FNOS. The van der Waals surface area contributed by atoms with Crippen molar-refractivity contribution in [2.45, 2.75) is 6.42 Å². The zero-order valence-corrected chi connectivity index (χ0v) is 13.0. The van der Waals surface area contributed by atoms with Gasteiger partial charge in [-0.15, -0.1) is 0 Å². The van der Waals surface area contributed by atoms with Crippen molar-refractivity contribution >= 4 is 29.4 Å². The van der Waals surface area contributed by atoms with Gasteiger partial charge in [0, 0.05) is 17.9 Å². The minimum Gasteiger partial charge on any atom is -0.324 e. The molecule has 0 aliphatic carbocycles. The van der Waals surface area contributed by atoms with Crippen LogP contribution in [0.1, 0.15) is 12.0 Å². The summed E-state index contributed by atoms with van der Waals surface area (Å²) in [6.07, 6.45) is 4.51. The van der Waals surface area contributed by atoms with Gasteiger partial charge in [0.15, 0.2) is 0 Å². The number of carbonyl (C=O) groups is 1. The molecule has 0 spiro atoms. The molecule has 2 rings (SSSR count). The van der Waals surface area contributed by atoms with E-state index in [-0.39, 0.29) is 11.6 Å². The Kier molecular flexibility index (Phi) is 6.71. The summed E-state index contributed by atoms with van der Waals surface area (Å²) in [6, 6.07) is 16.3. The van der Waals surface area contributed by atoms with Crippen LogP contribution in [0.2, 0.25) is 0 Å². The van der Waals surface area contributed by atoms with Crippen molar-refractivity contribution in [3.63, 3.8) is 0 Å². The summed E-state index contributed by atoms with van der Waals surface area (Å²) in [5.41, 5.74) is 1.40. The van der Waals surface area contributed by atoms with E-state index in [1.807, 2.05) is 30.3 Å². The highest BCUT2D eigenvalue weighted by Gasteiger charge is 2.05. The Balaban J connectivity index is 1.63. The summed E-state index contributed by atoms with van der Waals surface area (Å²) in [4.78, 5) is 11.7. The number of carbonyl (C=O) groups excluding carboxylic acids is 1. The van der Waals surface area contributed by atoms with Crippen LogP contribution in [0.15, 0.2) is 60.7 Å². The second-order valence-corrected chi connectivity index (χ2v) is 5.82. The first-order valence-electron chi connectivity index (χ1n) is 7.09. The third-order valence-corrected chi connectivity index (χ3v) is 3.87. The molecular weight excluding hydrogens is 297 g/mol. The molecule has 0 aliphatic rings. The molecule has 0 atom stereocenters. The van der Waals surface area contributed by atoms with Crippen molar-refractivity contribution in [3.8, 4) is 0 Å². The minimum atomic E-state index is -0.408. The average Bonchev–Trinajstić information content (AvgIpc) is 2.54. The van der Waals surface area contributed by atoms with Crippen molar-refractivity contribution in [1.29, 1.82) is 0 Å². The van der Waals surface area contributed by atoms with Gasteiger partial charge in [-0.05, 0) is 17.7 Å². The average molecular weight is 315 g/mol. The number of thioether (sulfide) groups is 1. The Hall–Kier alpha value is -2.07. The van der Waals surface area contributed by atoms with Gasteiger partial charge in [-0.1, -0.05) is 54.6 Å². The Bertz CT molecular complexity index is 628. The standard InChI is InChI=1S/C18H18FNOS/c19-16-10-4-5-11-17(16)20-18(21)12-14-22-13-6-9-15-7-2-1-3-8-15/h1-11H,12-14H2,(H,20,21). The molecule has 0 heterocycles. The van der Waals surface area contributed by atoms with Crippen molar-refractivity contribution in [2.75, 3.05) is 16.8 Å². The first-order valence-corrected chi connectivity index (χ1v) is 8.25. The molecule has 0 bridgehead atoms. The maximum absolute atomic E-state index is 13.4. The van der Waals surface area contributed by atoms with Crippen molar-refractivity contribution in [1.82, 2.24) is 0 Å². The van der Waals surface area contributed by atoms with E-state index in [1.54, 1.807) is 30.0 Å². The monoisotopic (exact) mass is 315 g/mol. The van der Waals surface area contributed by atoms with Crippen molar-refractivity contribution < 1.29 is 9.18 Å². The van der Waals surface area contributed by atoms with Crippen LogP contribution in [0, 0.1) is 5.82 Å². The van der Waals surface area contributed by atoms with Crippen LogP contribution in [-0.4, -0.2) is 17.4 Å². The molecule has 0 fully saturated rings. The second kappa shape index (κ2) is 9.05. The highest BCUT2D eigenvalue weighted by Crippen LogP contribution is 2.13. The molecule has 0 aromatic heterocycles. The van der Waals surface area contributed by atoms with Crippen LogP contribution >= 0.6 is 11.8 Å². The van der Waals surface area contributed by atoms with Crippen LogP contribution in [0.25, 0.3) is 6.08 Å². The summed E-state index contributed by atoms with van der Waals surface area (Å²) in [5.74, 6) is 0.986. The summed E-state index contributed by atoms with van der Waals surface area (Å²) < 4.78 is 13.4. The second-order valence-electron chi connectivity index (χ2n) is 4.67. The Morgan fingerprint density at radius 3 is 2.59 bits per heavy atom. The maximum atomic E-state index is 13.4. The van der Waals surface area contributed by atoms with Gasteiger partial charge in [-0.2, -0.15) is 11.8 Å². The highest BCUT2D eigenvalue weighted by molar-refractivity contribution is 7.99. The Labute approximate surface area is 134 Å². The maximum Gasteiger partial charge on any atom is 0.225 e. The highest BCUT2D eigenvalue weighted by atomic mass is 32.2. The predicted octanol–water partition coefficient (Wildman–Crippen LogP) is 4.60. The topological polar surface area (TPSA) is 29.1 Å². The van der Waals surface area contributed by atoms with Gasteiger partial charge in [-0.3, -0.25) is 4.79 Å². The summed E-state index contributed by atoms with van der Waals surface area (Å²) in [5, 5.41) is 2.58. The zero-order chi connectivity index (χ0) is 15.6. The van der Waals surface area contributed by atoms with Crippen LogP contribution in [-0.2, 0) is 4.79 Å². The lowest BCUT2D eigenvalue weighted by molar-refractivity contribution is -0.115. The number of hydrogen-bond donors (Lipinski definition) is 1. The molecule has 0 saturated heterocycles. The number of anilines is 1. The smallest absolute Gasteiger partial charge is 0.225 e. The molecule has 1 N–H and O–H groups in total. The lowest BCUT2D eigenvalue weighted by Crippen LogP contribution is -2.13. The molecule has 22 heavy (non-hydrogen) atoms. The van der Waals surface area contributed by atoms with E-state index in [1.165, 1.54) is 11.6 Å². The normalized spacial score (nSPS) is 10.8. The lowest BCUT2D eigenvalue weighted by Gasteiger charge is -2.05. The molecule has 4 heteroatoms. The molecule has 2 nitrogen and oxygen atoms in total. The summed E-state index contributed by atoms with van der Waals surface area (Å²) in [6.45, 7) is 0. The van der Waals surface area contributed by atoms with Crippen LogP contribution in [0.5, 0.6) is 0 Å². The number of hydrogen-bond acceptors (Lipinski definition) is 2. The van der Waals surface area contributed by atoms with Crippen molar-refractivity contribution in [3.05, 3.63) is 72.1 Å². The van der Waals surface area contributed by atoms with E-state index in [2.05, 4.69) is 17.5 Å². The van der Waals surface area contributed by atoms with Gasteiger partial charge in [0.25, 0.3) is 0 Å². The van der Waals surface area contributed by atoms with E-state index in [0.29, 0.717) is 12.2 Å². The molecule has 114 valence electrons. The molecule has 0 aliphatic heterocycles. The number of rotatable bonds is 7. The third kappa shape index (κ3) is 5.74. The largest absolute Gasteiger partial charge is 0.324 e. The predicted molar refractivity (Wildman–Crippen MR) is 92.4 cm³/mol. The minimum absolute atomic E-state index is 0.162. The van der Waals surface area contributed by atoms with Crippen molar-refractivity contribution in [2.24, 2.45) is 0 Å². The molecule has 0 unspecified atom stereocenters. The Morgan fingerprint density at radius 2 is 1.82 bits per heavy atom. The first-order chi connectivity index (χ1) is 10.8. The first kappa shape index (κ1) is 16.3. The number of nitrogens with one attached hydrogen (secondary N) is 1. The van der Waals surface area contributed by atoms with E-state index >= 15 is 0 Å².